The maximum Gasteiger partial charge on any atom is 0.240 e. The molecule has 0 saturated carbocycles. The van der Waals surface area contributed by atoms with Crippen molar-refractivity contribution in [1.29, 1.82) is 0 Å². The van der Waals surface area contributed by atoms with Crippen LogP contribution in [0.15, 0.2) is 0 Å². The number of halogens is 2. The van der Waals surface area contributed by atoms with E-state index >= 15 is 0 Å². The van der Waals surface area contributed by atoms with Crippen molar-refractivity contribution in [2.24, 2.45) is 5.73 Å². The number of alkyl halides is 2. The first-order valence-electron chi connectivity index (χ1n) is 4.74. The maximum absolute atomic E-state index is 12.2. The number of rotatable bonds is 3. The van der Waals surface area contributed by atoms with E-state index in [1.807, 2.05) is 0 Å². The molecule has 2 nitrogen and oxygen atoms in total. The van der Waals surface area contributed by atoms with Crippen LogP contribution in [0.3, 0.4) is 0 Å². The molecule has 0 spiro atoms. The highest BCUT2D eigenvalue weighted by atomic mass is 19.3. The Kier molecular flexibility index (Phi) is 3.24. The van der Waals surface area contributed by atoms with E-state index < -0.39 is 12.0 Å². The van der Waals surface area contributed by atoms with Gasteiger partial charge in [0.15, 0.2) is 0 Å². The Balaban J connectivity index is 2.46. The van der Waals surface area contributed by atoms with Crippen LogP contribution in [-0.2, 0) is 0 Å². The van der Waals surface area contributed by atoms with Crippen molar-refractivity contribution in [3.05, 3.63) is 0 Å². The molecule has 0 aromatic heterocycles. The Labute approximate surface area is 78.1 Å². The van der Waals surface area contributed by atoms with Crippen molar-refractivity contribution in [3.63, 3.8) is 0 Å². The zero-order valence-corrected chi connectivity index (χ0v) is 8.26. The predicted octanol–water partition coefficient (Wildman–Crippen LogP) is 1.45. The van der Waals surface area contributed by atoms with Crippen LogP contribution in [0.1, 0.15) is 26.7 Å². The Morgan fingerprint density at radius 2 is 2.08 bits per heavy atom. The predicted molar refractivity (Wildman–Crippen MR) is 48.9 cm³/mol. The van der Waals surface area contributed by atoms with Gasteiger partial charge in [-0.2, -0.15) is 0 Å². The van der Waals surface area contributed by atoms with Gasteiger partial charge >= 0.3 is 0 Å². The van der Waals surface area contributed by atoms with E-state index in [0.29, 0.717) is 19.0 Å². The van der Waals surface area contributed by atoms with Gasteiger partial charge in [0.25, 0.3) is 0 Å². The van der Waals surface area contributed by atoms with E-state index in [2.05, 4.69) is 18.7 Å². The molecular formula is C9H18F2N2. The van der Waals surface area contributed by atoms with Crippen LogP contribution in [-0.4, -0.2) is 36.0 Å². The molecule has 0 bridgehead atoms. The molecule has 1 atom stereocenters. The van der Waals surface area contributed by atoms with Gasteiger partial charge in [0, 0.05) is 31.1 Å². The van der Waals surface area contributed by atoms with Crippen molar-refractivity contribution >= 4 is 0 Å². The summed E-state index contributed by atoms with van der Waals surface area (Å²) >= 11 is 0. The highest BCUT2D eigenvalue weighted by molar-refractivity contribution is 4.95. The molecule has 0 radical (unpaired) electrons. The summed E-state index contributed by atoms with van der Waals surface area (Å²) in [4.78, 5) is 2.16. The van der Waals surface area contributed by atoms with Gasteiger partial charge in [-0.1, -0.05) is 0 Å². The van der Waals surface area contributed by atoms with E-state index in [-0.39, 0.29) is 6.42 Å². The molecule has 1 saturated heterocycles. The molecule has 0 amide bonds. The molecule has 1 heterocycles. The van der Waals surface area contributed by atoms with Crippen molar-refractivity contribution in [2.45, 2.75) is 44.7 Å². The lowest BCUT2D eigenvalue weighted by atomic mass is 9.96. The lowest BCUT2D eigenvalue weighted by Gasteiger charge is -2.26. The SMILES string of the molecule is CC(C)N1CC[C@](N)(CC(F)F)C1. The van der Waals surface area contributed by atoms with E-state index in [1.54, 1.807) is 0 Å². The third-order valence-electron chi connectivity index (χ3n) is 2.71. The third kappa shape index (κ3) is 2.88. The molecule has 4 heteroatoms. The summed E-state index contributed by atoms with van der Waals surface area (Å²) in [5.41, 5.74) is 5.21. The largest absolute Gasteiger partial charge is 0.324 e. The van der Waals surface area contributed by atoms with Crippen LogP contribution in [0, 0.1) is 0 Å². The molecule has 0 aliphatic carbocycles. The van der Waals surface area contributed by atoms with Gasteiger partial charge in [0.1, 0.15) is 0 Å². The van der Waals surface area contributed by atoms with Gasteiger partial charge in [0.2, 0.25) is 6.43 Å². The van der Waals surface area contributed by atoms with Crippen molar-refractivity contribution in [1.82, 2.24) is 4.90 Å². The highest BCUT2D eigenvalue weighted by Gasteiger charge is 2.37. The average molecular weight is 192 g/mol. The first-order chi connectivity index (χ1) is 5.93. The first-order valence-corrected chi connectivity index (χ1v) is 4.74. The number of hydrogen-bond acceptors (Lipinski definition) is 2. The number of likely N-dealkylation sites (tertiary alicyclic amines) is 1. The first kappa shape index (κ1) is 10.9. The minimum Gasteiger partial charge on any atom is -0.324 e. The molecule has 0 aromatic rings. The summed E-state index contributed by atoms with van der Waals surface area (Å²) < 4.78 is 24.3. The summed E-state index contributed by atoms with van der Waals surface area (Å²) in [5.74, 6) is 0. The molecular weight excluding hydrogens is 174 g/mol. The normalized spacial score (nSPS) is 30.7. The van der Waals surface area contributed by atoms with Crippen molar-refractivity contribution in [3.8, 4) is 0 Å². The van der Waals surface area contributed by atoms with Crippen LogP contribution in [0.5, 0.6) is 0 Å². The molecule has 1 fully saturated rings. The highest BCUT2D eigenvalue weighted by Crippen LogP contribution is 2.26. The second kappa shape index (κ2) is 3.88. The molecule has 2 N–H and O–H groups in total. The van der Waals surface area contributed by atoms with Crippen LogP contribution in [0.4, 0.5) is 8.78 Å². The van der Waals surface area contributed by atoms with Gasteiger partial charge in [-0.3, -0.25) is 4.90 Å². The zero-order chi connectivity index (χ0) is 10.1. The zero-order valence-electron chi connectivity index (χ0n) is 8.26. The fraction of sp³-hybridized carbons (Fsp3) is 1.00. The lowest BCUT2D eigenvalue weighted by Crippen LogP contribution is -2.45. The van der Waals surface area contributed by atoms with Gasteiger partial charge in [-0.25, -0.2) is 8.78 Å². The van der Waals surface area contributed by atoms with E-state index in [4.69, 9.17) is 5.73 Å². The van der Waals surface area contributed by atoms with Crippen LogP contribution in [0.2, 0.25) is 0 Å². The third-order valence-corrected chi connectivity index (χ3v) is 2.71. The lowest BCUT2D eigenvalue weighted by molar-refractivity contribution is 0.104. The van der Waals surface area contributed by atoms with Crippen LogP contribution in [0.25, 0.3) is 0 Å². The van der Waals surface area contributed by atoms with Crippen molar-refractivity contribution in [2.75, 3.05) is 13.1 Å². The standard InChI is InChI=1S/C9H18F2N2/c1-7(2)13-4-3-9(12,6-13)5-8(10)11/h7-8H,3-6,12H2,1-2H3/t9-/m0/s1. The summed E-state index contributed by atoms with van der Waals surface area (Å²) in [6.45, 7) is 5.58. The number of hydrogen-bond donors (Lipinski definition) is 1. The van der Waals surface area contributed by atoms with Gasteiger partial charge in [-0.15, -0.1) is 0 Å². The molecule has 1 aliphatic heterocycles. The Bertz CT molecular complexity index is 173. The molecule has 0 unspecified atom stereocenters. The monoisotopic (exact) mass is 192 g/mol. The Morgan fingerprint density at radius 1 is 1.46 bits per heavy atom. The van der Waals surface area contributed by atoms with Crippen LogP contribution < -0.4 is 5.73 Å². The summed E-state index contributed by atoms with van der Waals surface area (Å²) in [6, 6.07) is 0.406. The molecule has 78 valence electrons. The quantitative estimate of drug-likeness (QED) is 0.733. The molecule has 0 aromatic carbocycles. The summed E-state index contributed by atoms with van der Waals surface area (Å²) in [5, 5.41) is 0. The van der Waals surface area contributed by atoms with E-state index in [1.165, 1.54) is 0 Å². The van der Waals surface area contributed by atoms with Crippen LogP contribution >= 0.6 is 0 Å². The number of nitrogens with zero attached hydrogens (tertiary/aromatic N) is 1. The molecule has 13 heavy (non-hydrogen) atoms. The Morgan fingerprint density at radius 3 is 2.46 bits per heavy atom. The topological polar surface area (TPSA) is 29.3 Å². The summed E-state index contributed by atoms with van der Waals surface area (Å²) in [6.07, 6.45) is -1.76. The second-order valence-electron chi connectivity index (χ2n) is 4.27. The van der Waals surface area contributed by atoms with Crippen molar-refractivity contribution < 1.29 is 8.78 Å². The minimum absolute atomic E-state index is 0.170. The second-order valence-corrected chi connectivity index (χ2v) is 4.27. The Hall–Kier alpha value is -0.220. The van der Waals surface area contributed by atoms with E-state index in [9.17, 15) is 8.78 Å². The minimum atomic E-state index is -2.28. The van der Waals surface area contributed by atoms with E-state index in [0.717, 1.165) is 6.54 Å². The fourth-order valence-corrected chi connectivity index (χ4v) is 1.84. The van der Waals surface area contributed by atoms with Gasteiger partial charge in [0.05, 0.1) is 0 Å². The smallest absolute Gasteiger partial charge is 0.240 e. The van der Waals surface area contributed by atoms with Gasteiger partial charge < -0.3 is 5.73 Å². The average Bonchev–Trinajstić information content (AvgIpc) is 2.29. The summed E-state index contributed by atoms with van der Waals surface area (Å²) in [7, 11) is 0. The number of nitrogens with two attached hydrogens (primary N) is 1. The molecule has 1 aliphatic rings. The maximum atomic E-state index is 12.2. The van der Waals surface area contributed by atoms with Gasteiger partial charge in [-0.05, 0) is 20.3 Å². The fourth-order valence-electron chi connectivity index (χ4n) is 1.84. The molecule has 1 rings (SSSR count).